The first-order valence-corrected chi connectivity index (χ1v) is 8.47. The molecule has 2 aromatic rings. The number of amides is 2. The van der Waals surface area contributed by atoms with Crippen LogP contribution < -0.4 is 14.6 Å². The number of anilines is 2. The van der Waals surface area contributed by atoms with Gasteiger partial charge in [-0.15, -0.1) is 0 Å². The lowest BCUT2D eigenvalue weighted by molar-refractivity contribution is -0.121. The number of fused-ring (bicyclic) bond motifs is 1. The molecule has 7 heteroatoms. The highest BCUT2D eigenvalue weighted by atomic mass is 16.5. The Kier molecular flexibility index (Phi) is 3.91. The molecule has 0 spiro atoms. The summed E-state index contributed by atoms with van der Waals surface area (Å²) in [4.78, 5) is 26.9. The van der Waals surface area contributed by atoms with E-state index in [-0.39, 0.29) is 11.8 Å². The van der Waals surface area contributed by atoms with Gasteiger partial charge in [-0.05, 0) is 50.2 Å². The molecule has 0 unspecified atom stereocenters. The summed E-state index contributed by atoms with van der Waals surface area (Å²) < 4.78 is 5.43. The van der Waals surface area contributed by atoms with Crippen molar-refractivity contribution in [3.63, 3.8) is 0 Å². The first-order valence-electron chi connectivity index (χ1n) is 8.47. The Morgan fingerprint density at radius 2 is 1.62 bits per heavy atom. The average molecular weight is 350 g/mol. The third-order valence-electron chi connectivity index (χ3n) is 4.49. The summed E-state index contributed by atoms with van der Waals surface area (Å²) in [7, 11) is 0. The van der Waals surface area contributed by atoms with Gasteiger partial charge in [-0.1, -0.05) is 22.9 Å². The maximum Gasteiger partial charge on any atom is 0.263 e. The van der Waals surface area contributed by atoms with Gasteiger partial charge >= 0.3 is 0 Å². The molecule has 0 saturated carbocycles. The van der Waals surface area contributed by atoms with Gasteiger partial charge in [-0.25, -0.2) is 9.91 Å². The zero-order valence-corrected chi connectivity index (χ0v) is 14.5. The highest BCUT2D eigenvalue weighted by molar-refractivity contribution is 6.26. The van der Waals surface area contributed by atoms with Crippen molar-refractivity contribution in [1.29, 1.82) is 0 Å². The van der Waals surface area contributed by atoms with Crippen molar-refractivity contribution in [2.24, 2.45) is 10.3 Å². The van der Waals surface area contributed by atoms with E-state index in [0.717, 1.165) is 11.3 Å². The summed E-state index contributed by atoms with van der Waals surface area (Å²) in [6.45, 7) is 4.44. The summed E-state index contributed by atoms with van der Waals surface area (Å²) in [5.41, 5.74) is 2.31. The minimum atomic E-state index is -0.810. The minimum absolute atomic E-state index is 0.317. The zero-order valence-electron chi connectivity index (χ0n) is 14.5. The standard InChI is InChI=1S/C19H18N4O3/c1-3-26-15-10-8-14(9-11-15)23-17-16(20-21-23)18(24)22(19(17)25)13-6-4-12(2)5-7-13/h4-11,16-17H,3H2,1-2H3/t16-,17-/m1/s1. The first-order chi connectivity index (χ1) is 12.6. The third-order valence-corrected chi connectivity index (χ3v) is 4.49. The van der Waals surface area contributed by atoms with Crippen LogP contribution in [0.1, 0.15) is 12.5 Å². The van der Waals surface area contributed by atoms with Gasteiger partial charge in [0.15, 0.2) is 12.1 Å². The number of hydrogen-bond donors (Lipinski definition) is 0. The number of aryl methyl sites for hydroxylation is 1. The van der Waals surface area contributed by atoms with Gasteiger partial charge in [0.2, 0.25) is 0 Å². The average Bonchev–Trinajstić information content (AvgIpc) is 3.18. The second kappa shape index (κ2) is 6.25. The molecule has 4 rings (SSSR count). The van der Waals surface area contributed by atoms with E-state index >= 15 is 0 Å². The summed E-state index contributed by atoms with van der Waals surface area (Å²) in [6.07, 6.45) is 0. The van der Waals surface area contributed by atoms with Crippen molar-refractivity contribution < 1.29 is 14.3 Å². The van der Waals surface area contributed by atoms with Crippen LogP contribution in [0.2, 0.25) is 0 Å². The minimum Gasteiger partial charge on any atom is -0.494 e. The molecule has 2 amide bonds. The van der Waals surface area contributed by atoms with Gasteiger partial charge in [0, 0.05) is 0 Å². The second-order valence-corrected chi connectivity index (χ2v) is 6.21. The molecule has 1 fully saturated rings. The maximum absolute atomic E-state index is 13.0. The van der Waals surface area contributed by atoms with Crippen molar-refractivity contribution in [1.82, 2.24) is 0 Å². The van der Waals surface area contributed by atoms with Crippen LogP contribution in [-0.2, 0) is 9.59 Å². The van der Waals surface area contributed by atoms with E-state index in [1.807, 2.05) is 26.0 Å². The number of carbonyl (C=O) groups excluding carboxylic acids is 2. The largest absolute Gasteiger partial charge is 0.494 e. The lowest BCUT2D eigenvalue weighted by Crippen LogP contribution is -2.39. The molecule has 7 nitrogen and oxygen atoms in total. The normalized spacial score (nSPS) is 21.5. The highest BCUT2D eigenvalue weighted by Crippen LogP contribution is 2.35. The molecule has 0 aromatic heterocycles. The van der Waals surface area contributed by atoms with Crippen LogP contribution in [0.25, 0.3) is 0 Å². The Hall–Kier alpha value is -3.22. The quantitative estimate of drug-likeness (QED) is 0.795. The Bertz CT molecular complexity index is 877. The molecular weight excluding hydrogens is 332 g/mol. The summed E-state index contributed by atoms with van der Waals surface area (Å²) in [5.74, 6) is 0.0721. The molecular formula is C19H18N4O3. The second-order valence-electron chi connectivity index (χ2n) is 6.21. The van der Waals surface area contributed by atoms with Crippen molar-refractivity contribution in [3.8, 4) is 5.75 Å². The summed E-state index contributed by atoms with van der Waals surface area (Å²) >= 11 is 0. The van der Waals surface area contributed by atoms with Crippen LogP contribution in [0, 0.1) is 6.92 Å². The predicted octanol–water partition coefficient (Wildman–Crippen LogP) is 2.89. The molecule has 2 aliphatic rings. The SMILES string of the molecule is CCOc1ccc(N2N=N[C@H]3C(=O)N(c4ccc(C)cc4)C(=O)[C@@H]32)cc1. The monoisotopic (exact) mass is 350 g/mol. The molecule has 0 radical (unpaired) electrons. The third kappa shape index (κ3) is 2.52. The van der Waals surface area contributed by atoms with E-state index in [4.69, 9.17) is 4.74 Å². The van der Waals surface area contributed by atoms with E-state index in [9.17, 15) is 9.59 Å². The van der Waals surface area contributed by atoms with Gasteiger partial charge in [-0.2, -0.15) is 5.11 Å². The van der Waals surface area contributed by atoms with Crippen LogP contribution in [-0.4, -0.2) is 30.5 Å². The van der Waals surface area contributed by atoms with Gasteiger partial charge in [0.05, 0.1) is 18.0 Å². The van der Waals surface area contributed by atoms with Crippen molar-refractivity contribution >= 4 is 23.2 Å². The van der Waals surface area contributed by atoms with Crippen LogP contribution in [0.5, 0.6) is 5.75 Å². The van der Waals surface area contributed by atoms with Crippen LogP contribution >= 0.6 is 0 Å². The lowest BCUT2D eigenvalue weighted by atomic mass is 10.1. The van der Waals surface area contributed by atoms with Crippen LogP contribution in [0.3, 0.4) is 0 Å². The summed E-state index contributed by atoms with van der Waals surface area (Å²) in [6, 6.07) is 12.9. The topological polar surface area (TPSA) is 74.6 Å². The van der Waals surface area contributed by atoms with Gasteiger partial charge in [-0.3, -0.25) is 9.59 Å². The molecule has 2 heterocycles. The van der Waals surface area contributed by atoms with Gasteiger partial charge in [0.1, 0.15) is 5.75 Å². The fourth-order valence-corrected chi connectivity index (χ4v) is 3.18. The fourth-order valence-electron chi connectivity index (χ4n) is 3.18. The first kappa shape index (κ1) is 16.3. The number of carbonyl (C=O) groups is 2. The van der Waals surface area contributed by atoms with E-state index in [1.165, 1.54) is 9.91 Å². The van der Waals surface area contributed by atoms with Crippen LogP contribution in [0.4, 0.5) is 11.4 Å². The van der Waals surface area contributed by atoms with Crippen molar-refractivity contribution in [2.75, 3.05) is 16.5 Å². The number of nitrogens with zero attached hydrogens (tertiary/aromatic N) is 4. The Balaban J connectivity index is 1.62. The Morgan fingerprint density at radius 3 is 2.27 bits per heavy atom. The number of imide groups is 1. The lowest BCUT2D eigenvalue weighted by Gasteiger charge is -2.20. The molecule has 0 N–H and O–H groups in total. The van der Waals surface area contributed by atoms with Gasteiger partial charge < -0.3 is 4.74 Å². The van der Waals surface area contributed by atoms with E-state index < -0.39 is 12.1 Å². The molecule has 26 heavy (non-hydrogen) atoms. The van der Waals surface area contributed by atoms with E-state index in [1.54, 1.807) is 36.4 Å². The molecule has 2 aliphatic heterocycles. The molecule has 2 atom stereocenters. The zero-order chi connectivity index (χ0) is 18.3. The maximum atomic E-state index is 13.0. The Morgan fingerprint density at radius 1 is 0.962 bits per heavy atom. The smallest absolute Gasteiger partial charge is 0.263 e. The number of rotatable bonds is 4. The number of benzene rings is 2. The van der Waals surface area contributed by atoms with E-state index in [0.29, 0.717) is 18.0 Å². The number of ether oxygens (including phenoxy) is 1. The predicted molar refractivity (Wildman–Crippen MR) is 96.2 cm³/mol. The molecule has 132 valence electrons. The number of hydrogen-bond acceptors (Lipinski definition) is 6. The molecule has 1 saturated heterocycles. The van der Waals surface area contributed by atoms with E-state index in [2.05, 4.69) is 10.3 Å². The summed E-state index contributed by atoms with van der Waals surface area (Å²) in [5, 5.41) is 9.61. The fraction of sp³-hybridized carbons (Fsp3) is 0.263. The van der Waals surface area contributed by atoms with Crippen molar-refractivity contribution in [3.05, 3.63) is 54.1 Å². The van der Waals surface area contributed by atoms with Crippen molar-refractivity contribution in [2.45, 2.75) is 25.9 Å². The molecule has 0 aliphatic carbocycles. The van der Waals surface area contributed by atoms with Crippen LogP contribution in [0.15, 0.2) is 58.9 Å². The molecule has 0 bridgehead atoms. The van der Waals surface area contributed by atoms with Gasteiger partial charge in [0.25, 0.3) is 11.8 Å². The highest BCUT2D eigenvalue weighted by Gasteiger charge is 2.55. The Labute approximate surface area is 150 Å². The molecule has 2 aromatic carbocycles.